The molecule has 0 saturated carbocycles. The average molecular weight is 444 g/mol. The highest BCUT2D eigenvalue weighted by Gasteiger charge is 2.22. The summed E-state index contributed by atoms with van der Waals surface area (Å²) in [6, 6.07) is 16.0. The third kappa shape index (κ3) is 3.72. The monoisotopic (exact) mass is 443 g/mol. The van der Waals surface area contributed by atoms with Gasteiger partial charge in [-0.05, 0) is 29.7 Å². The Hall–Kier alpha value is -2.32. The van der Waals surface area contributed by atoms with Crippen molar-refractivity contribution in [2.45, 2.75) is 18.1 Å². The van der Waals surface area contributed by atoms with Crippen molar-refractivity contribution in [1.29, 1.82) is 0 Å². The lowest BCUT2D eigenvalue weighted by atomic mass is 10.00. The van der Waals surface area contributed by atoms with Crippen LogP contribution in [0.5, 0.6) is 0 Å². The predicted molar refractivity (Wildman–Crippen MR) is 110 cm³/mol. The molecule has 1 aromatic heterocycles. The number of halogens is 1. The molecule has 0 saturated heterocycles. The molecule has 4 rings (SSSR count). The van der Waals surface area contributed by atoms with Crippen LogP contribution in [0.2, 0.25) is 0 Å². The molecule has 0 spiro atoms. The molecule has 0 aliphatic carbocycles. The number of benzene rings is 2. The summed E-state index contributed by atoms with van der Waals surface area (Å²) in [6.45, 7) is 1.40. The zero-order chi connectivity index (χ0) is 18.8. The molecule has 27 heavy (non-hydrogen) atoms. The minimum Gasteiger partial charge on any atom is -0.337 e. The third-order valence-electron chi connectivity index (χ3n) is 4.59. The van der Waals surface area contributed by atoms with E-state index in [1.165, 1.54) is 27.6 Å². The summed E-state index contributed by atoms with van der Waals surface area (Å²) in [6.07, 6.45) is 0.895. The van der Waals surface area contributed by atoms with Gasteiger partial charge in [0.2, 0.25) is 11.1 Å². The lowest BCUT2D eigenvalue weighted by Gasteiger charge is -2.28. The largest absolute Gasteiger partial charge is 0.337 e. The van der Waals surface area contributed by atoms with Crippen LogP contribution < -0.4 is 5.84 Å². The van der Waals surface area contributed by atoms with E-state index in [0.29, 0.717) is 17.5 Å². The van der Waals surface area contributed by atoms with Gasteiger partial charge in [0.15, 0.2) is 5.82 Å². The van der Waals surface area contributed by atoms with Gasteiger partial charge < -0.3 is 10.7 Å². The lowest BCUT2D eigenvalue weighted by molar-refractivity contribution is -0.129. The number of hydrogen-bond acceptors (Lipinski definition) is 5. The average Bonchev–Trinajstić information content (AvgIpc) is 3.06. The summed E-state index contributed by atoms with van der Waals surface area (Å²) in [5.74, 6) is 7.09. The number of nitrogen functional groups attached to an aromatic ring is 1. The van der Waals surface area contributed by atoms with Crippen molar-refractivity contribution < 1.29 is 4.79 Å². The first-order valence-corrected chi connectivity index (χ1v) is 10.3. The minimum absolute atomic E-state index is 0.0833. The van der Waals surface area contributed by atoms with Gasteiger partial charge in [0.05, 0.1) is 5.75 Å². The quantitative estimate of drug-likeness (QED) is 0.495. The van der Waals surface area contributed by atoms with Crippen molar-refractivity contribution in [3.63, 3.8) is 0 Å². The smallest absolute Gasteiger partial charge is 0.233 e. The van der Waals surface area contributed by atoms with Crippen LogP contribution in [0.1, 0.15) is 11.1 Å². The number of hydrogen-bond donors (Lipinski definition) is 1. The van der Waals surface area contributed by atoms with Gasteiger partial charge in [0.1, 0.15) is 0 Å². The molecule has 8 heteroatoms. The van der Waals surface area contributed by atoms with Crippen molar-refractivity contribution in [1.82, 2.24) is 19.8 Å². The summed E-state index contributed by atoms with van der Waals surface area (Å²) in [5, 5.41) is 8.84. The van der Waals surface area contributed by atoms with Gasteiger partial charge in [-0.3, -0.25) is 4.79 Å². The van der Waals surface area contributed by atoms with E-state index >= 15 is 0 Å². The number of nitrogens with zero attached hydrogens (tertiary/aromatic N) is 4. The highest BCUT2D eigenvalue weighted by atomic mass is 79.9. The Labute approximate surface area is 169 Å². The lowest BCUT2D eigenvalue weighted by Crippen LogP contribution is -2.37. The Morgan fingerprint density at radius 3 is 2.67 bits per heavy atom. The zero-order valence-electron chi connectivity index (χ0n) is 14.5. The molecule has 3 aromatic rings. The van der Waals surface area contributed by atoms with E-state index < -0.39 is 0 Å². The summed E-state index contributed by atoms with van der Waals surface area (Å²) < 4.78 is 2.33. The highest BCUT2D eigenvalue weighted by Crippen LogP contribution is 2.28. The molecule has 1 aliphatic heterocycles. The van der Waals surface area contributed by atoms with E-state index in [0.717, 1.165) is 23.0 Å². The van der Waals surface area contributed by atoms with E-state index in [2.05, 4.69) is 38.3 Å². The molecular formula is C19H18BrN5OS. The number of aromatic nitrogens is 3. The standard InChI is InChI=1S/C19H18BrN5OS/c20-16-8-4-3-7-15(16)18-22-23-19(25(18)21)27-12-17(26)24-10-9-13-5-1-2-6-14(13)11-24/h1-8H,9-12,21H2. The molecule has 0 fully saturated rings. The van der Waals surface area contributed by atoms with Crippen LogP contribution in [-0.4, -0.2) is 38.0 Å². The van der Waals surface area contributed by atoms with Crippen LogP contribution in [0, 0.1) is 0 Å². The van der Waals surface area contributed by atoms with E-state index in [9.17, 15) is 4.79 Å². The van der Waals surface area contributed by atoms with Crippen molar-refractivity contribution in [2.75, 3.05) is 18.1 Å². The summed E-state index contributed by atoms with van der Waals surface area (Å²) in [7, 11) is 0. The third-order valence-corrected chi connectivity index (χ3v) is 6.21. The van der Waals surface area contributed by atoms with E-state index in [1.54, 1.807) is 0 Å². The molecule has 138 valence electrons. The number of rotatable bonds is 4. The molecule has 0 unspecified atom stereocenters. The first kappa shape index (κ1) is 18.1. The highest BCUT2D eigenvalue weighted by molar-refractivity contribution is 9.10. The normalized spacial score (nSPS) is 13.4. The molecule has 0 atom stereocenters. The van der Waals surface area contributed by atoms with Crippen LogP contribution in [0.4, 0.5) is 0 Å². The minimum atomic E-state index is 0.0833. The van der Waals surface area contributed by atoms with Crippen LogP contribution in [0.25, 0.3) is 11.4 Å². The van der Waals surface area contributed by atoms with Crippen molar-refractivity contribution >= 4 is 33.6 Å². The summed E-state index contributed by atoms with van der Waals surface area (Å²) >= 11 is 4.81. The second-order valence-corrected chi connectivity index (χ2v) is 8.08. The first-order chi connectivity index (χ1) is 13.1. The Morgan fingerprint density at radius 1 is 1.11 bits per heavy atom. The van der Waals surface area contributed by atoms with Gasteiger partial charge in [-0.25, -0.2) is 4.68 Å². The van der Waals surface area contributed by atoms with Crippen LogP contribution in [0.3, 0.4) is 0 Å². The van der Waals surface area contributed by atoms with Crippen LogP contribution in [-0.2, 0) is 17.8 Å². The van der Waals surface area contributed by atoms with Crippen molar-refractivity contribution in [3.05, 3.63) is 64.1 Å². The molecule has 1 amide bonds. The fourth-order valence-electron chi connectivity index (χ4n) is 3.13. The maximum absolute atomic E-state index is 12.6. The topological polar surface area (TPSA) is 77.0 Å². The number of thioether (sulfide) groups is 1. The molecule has 0 radical (unpaired) electrons. The van der Waals surface area contributed by atoms with Gasteiger partial charge in [0.25, 0.3) is 0 Å². The molecular weight excluding hydrogens is 426 g/mol. The number of fused-ring (bicyclic) bond motifs is 1. The van der Waals surface area contributed by atoms with Gasteiger partial charge in [-0.15, -0.1) is 10.2 Å². The number of carbonyl (C=O) groups is 1. The SMILES string of the molecule is Nn1c(SCC(=O)N2CCc3ccccc3C2)nnc1-c1ccccc1Br. The molecule has 0 bridgehead atoms. The first-order valence-electron chi connectivity index (χ1n) is 8.56. The Morgan fingerprint density at radius 2 is 1.85 bits per heavy atom. The molecule has 1 aliphatic rings. The van der Waals surface area contributed by atoms with E-state index in [4.69, 9.17) is 5.84 Å². The zero-order valence-corrected chi connectivity index (χ0v) is 16.9. The van der Waals surface area contributed by atoms with E-state index in [-0.39, 0.29) is 11.7 Å². The summed E-state index contributed by atoms with van der Waals surface area (Å²) in [4.78, 5) is 14.5. The Kier molecular flexibility index (Phi) is 5.18. The number of amides is 1. The Bertz CT molecular complexity index is 990. The van der Waals surface area contributed by atoms with Gasteiger partial charge in [-0.2, -0.15) is 0 Å². The number of nitrogens with two attached hydrogens (primary N) is 1. The fourth-order valence-corrected chi connectivity index (χ4v) is 4.35. The second kappa shape index (κ2) is 7.74. The van der Waals surface area contributed by atoms with Gasteiger partial charge in [0, 0.05) is 23.1 Å². The maximum atomic E-state index is 12.6. The molecule has 6 nitrogen and oxygen atoms in total. The van der Waals surface area contributed by atoms with Crippen LogP contribution >= 0.6 is 27.7 Å². The van der Waals surface area contributed by atoms with Crippen LogP contribution in [0.15, 0.2) is 58.2 Å². The summed E-state index contributed by atoms with van der Waals surface area (Å²) in [5.41, 5.74) is 3.41. The fraction of sp³-hybridized carbons (Fsp3) is 0.211. The van der Waals surface area contributed by atoms with Crippen molar-refractivity contribution in [2.24, 2.45) is 0 Å². The Balaban J connectivity index is 1.43. The molecule has 2 aromatic carbocycles. The van der Waals surface area contributed by atoms with Gasteiger partial charge >= 0.3 is 0 Å². The van der Waals surface area contributed by atoms with E-state index in [1.807, 2.05) is 41.3 Å². The second-order valence-electron chi connectivity index (χ2n) is 6.28. The maximum Gasteiger partial charge on any atom is 0.233 e. The van der Waals surface area contributed by atoms with Crippen molar-refractivity contribution in [3.8, 4) is 11.4 Å². The molecule has 2 heterocycles. The predicted octanol–water partition coefficient (Wildman–Crippen LogP) is 3.10. The number of carbonyl (C=O) groups excluding carboxylic acids is 1. The molecule has 2 N–H and O–H groups in total. The van der Waals surface area contributed by atoms with Gasteiger partial charge in [-0.1, -0.05) is 64.1 Å².